The van der Waals surface area contributed by atoms with Gasteiger partial charge in [-0.05, 0) is 34.1 Å². The highest BCUT2D eigenvalue weighted by molar-refractivity contribution is 9.10. The van der Waals surface area contributed by atoms with E-state index in [4.69, 9.17) is 14.2 Å². The molecular weight excluding hydrogens is 362 g/mol. The van der Waals surface area contributed by atoms with E-state index in [2.05, 4.69) is 15.9 Å². The Morgan fingerprint density at radius 2 is 1.61 bits per heavy atom. The van der Waals surface area contributed by atoms with Gasteiger partial charge in [-0.1, -0.05) is 18.2 Å². The molecule has 0 aliphatic carbocycles. The number of nitrogens with zero attached hydrogens (tertiary/aromatic N) is 1. The average Bonchev–Trinajstić information content (AvgIpc) is 2.60. The molecule has 0 aliphatic rings. The first kappa shape index (κ1) is 17.1. The lowest BCUT2D eigenvalue weighted by Gasteiger charge is -2.21. The van der Waals surface area contributed by atoms with Crippen LogP contribution < -0.4 is 19.1 Å². The van der Waals surface area contributed by atoms with Crippen molar-refractivity contribution in [3.63, 3.8) is 0 Å². The predicted molar refractivity (Wildman–Crippen MR) is 93.0 cm³/mol. The molecule has 0 heterocycles. The summed E-state index contributed by atoms with van der Waals surface area (Å²) in [5.41, 5.74) is 1.21. The summed E-state index contributed by atoms with van der Waals surface area (Å²) in [5.74, 6) is 1.08. The van der Waals surface area contributed by atoms with Crippen molar-refractivity contribution < 1.29 is 19.0 Å². The SMILES string of the molecule is COc1cc(C(=O)N(C)c2ccccc2)c(Br)c(OC)c1OC. The van der Waals surface area contributed by atoms with Crippen LogP contribution in [0.3, 0.4) is 0 Å². The Labute approximate surface area is 143 Å². The normalized spacial score (nSPS) is 10.1. The zero-order valence-electron chi connectivity index (χ0n) is 13.4. The van der Waals surface area contributed by atoms with E-state index in [1.165, 1.54) is 21.3 Å². The van der Waals surface area contributed by atoms with Crippen LogP contribution in [0.5, 0.6) is 17.2 Å². The zero-order valence-corrected chi connectivity index (χ0v) is 15.0. The van der Waals surface area contributed by atoms with Crippen molar-refractivity contribution in [1.29, 1.82) is 0 Å². The molecule has 0 atom stereocenters. The molecule has 0 saturated heterocycles. The van der Waals surface area contributed by atoms with Gasteiger partial charge in [0.2, 0.25) is 5.75 Å². The molecule has 6 heteroatoms. The zero-order chi connectivity index (χ0) is 17.0. The molecule has 0 radical (unpaired) electrons. The van der Waals surface area contributed by atoms with Gasteiger partial charge in [-0.2, -0.15) is 0 Å². The minimum Gasteiger partial charge on any atom is -0.493 e. The maximum atomic E-state index is 12.8. The lowest BCUT2D eigenvalue weighted by Crippen LogP contribution is -2.26. The van der Waals surface area contributed by atoms with E-state index in [0.717, 1.165) is 5.69 Å². The second-order valence-corrected chi connectivity index (χ2v) is 5.50. The second-order valence-electron chi connectivity index (χ2n) is 4.71. The topological polar surface area (TPSA) is 48.0 Å². The number of anilines is 1. The molecule has 0 aliphatic heterocycles. The quantitative estimate of drug-likeness (QED) is 0.793. The van der Waals surface area contributed by atoms with E-state index >= 15 is 0 Å². The van der Waals surface area contributed by atoms with Gasteiger partial charge in [-0.25, -0.2) is 0 Å². The number of para-hydroxylation sites is 1. The van der Waals surface area contributed by atoms with Crippen LogP contribution in [0.2, 0.25) is 0 Å². The van der Waals surface area contributed by atoms with Crippen molar-refractivity contribution in [3.8, 4) is 17.2 Å². The molecular formula is C17H18BrNO4. The summed E-state index contributed by atoms with van der Waals surface area (Å²) in [4.78, 5) is 14.4. The number of carbonyl (C=O) groups is 1. The first-order chi connectivity index (χ1) is 11.0. The van der Waals surface area contributed by atoms with Crippen molar-refractivity contribution in [2.24, 2.45) is 0 Å². The molecule has 2 aromatic carbocycles. The van der Waals surface area contributed by atoms with Gasteiger partial charge in [0.1, 0.15) is 0 Å². The summed E-state index contributed by atoms with van der Waals surface area (Å²) >= 11 is 3.43. The molecule has 0 spiro atoms. The lowest BCUT2D eigenvalue weighted by molar-refractivity contribution is 0.0991. The number of carbonyl (C=O) groups excluding carboxylic acids is 1. The highest BCUT2D eigenvalue weighted by Crippen LogP contribution is 2.45. The maximum absolute atomic E-state index is 12.8. The summed E-state index contributed by atoms with van der Waals surface area (Å²) in [5, 5.41) is 0. The maximum Gasteiger partial charge on any atom is 0.259 e. The fraction of sp³-hybridized carbons (Fsp3) is 0.235. The van der Waals surface area contributed by atoms with Gasteiger partial charge < -0.3 is 19.1 Å². The molecule has 2 rings (SSSR count). The molecule has 122 valence electrons. The Morgan fingerprint density at radius 1 is 1.00 bits per heavy atom. The smallest absolute Gasteiger partial charge is 0.259 e. The van der Waals surface area contributed by atoms with E-state index in [1.54, 1.807) is 18.0 Å². The number of benzene rings is 2. The van der Waals surface area contributed by atoms with E-state index in [1.807, 2.05) is 30.3 Å². The van der Waals surface area contributed by atoms with Crippen LogP contribution in [0.25, 0.3) is 0 Å². The van der Waals surface area contributed by atoms with Crippen LogP contribution in [0, 0.1) is 0 Å². The third-order valence-electron chi connectivity index (χ3n) is 3.45. The fourth-order valence-electron chi connectivity index (χ4n) is 2.23. The predicted octanol–water partition coefficient (Wildman–Crippen LogP) is 3.75. The molecule has 0 N–H and O–H groups in total. The molecule has 0 aromatic heterocycles. The molecule has 1 amide bonds. The highest BCUT2D eigenvalue weighted by atomic mass is 79.9. The Hall–Kier alpha value is -2.21. The van der Waals surface area contributed by atoms with E-state index in [0.29, 0.717) is 27.3 Å². The van der Waals surface area contributed by atoms with Gasteiger partial charge in [0.15, 0.2) is 11.5 Å². The molecule has 0 bridgehead atoms. The number of halogens is 1. The van der Waals surface area contributed by atoms with Crippen LogP contribution in [0.1, 0.15) is 10.4 Å². The van der Waals surface area contributed by atoms with Crippen LogP contribution in [0.4, 0.5) is 5.69 Å². The summed E-state index contributed by atoms with van der Waals surface area (Å²) in [6.07, 6.45) is 0. The van der Waals surface area contributed by atoms with Crippen molar-refractivity contribution in [2.75, 3.05) is 33.3 Å². The lowest BCUT2D eigenvalue weighted by atomic mass is 10.1. The van der Waals surface area contributed by atoms with Crippen LogP contribution in [-0.2, 0) is 0 Å². The van der Waals surface area contributed by atoms with Gasteiger partial charge in [0, 0.05) is 12.7 Å². The van der Waals surface area contributed by atoms with E-state index in [9.17, 15) is 4.79 Å². The number of ether oxygens (including phenoxy) is 3. The third-order valence-corrected chi connectivity index (χ3v) is 4.24. The number of hydrogen-bond acceptors (Lipinski definition) is 4. The molecule has 5 nitrogen and oxygen atoms in total. The molecule has 23 heavy (non-hydrogen) atoms. The van der Waals surface area contributed by atoms with E-state index in [-0.39, 0.29) is 5.91 Å². The molecule has 0 fully saturated rings. The first-order valence-electron chi connectivity index (χ1n) is 6.86. The van der Waals surface area contributed by atoms with Crippen molar-refractivity contribution in [3.05, 3.63) is 46.4 Å². The molecule has 0 unspecified atom stereocenters. The Morgan fingerprint density at radius 3 is 2.13 bits per heavy atom. The van der Waals surface area contributed by atoms with Gasteiger partial charge in [0.05, 0.1) is 31.4 Å². The summed E-state index contributed by atoms with van der Waals surface area (Å²) < 4.78 is 16.5. The third kappa shape index (κ3) is 3.27. The summed E-state index contributed by atoms with van der Waals surface area (Å²) in [6.45, 7) is 0. The number of methoxy groups -OCH3 is 3. The largest absolute Gasteiger partial charge is 0.493 e. The minimum absolute atomic E-state index is 0.192. The van der Waals surface area contributed by atoms with E-state index < -0.39 is 0 Å². The standard InChI is InChI=1S/C17H18BrNO4/c1-19(11-8-6-5-7-9-11)17(20)12-10-13(21-2)15(22-3)16(23-4)14(12)18/h5-10H,1-4H3. The monoisotopic (exact) mass is 379 g/mol. The molecule has 0 saturated carbocycles. The Bertz CT molecular complexity index is 703. The Kier molecular flexibility index (Phi) is 5.50. The van der Waals surface area contributed by atoms with Gasteiger partial charge in [-0.3, -0.25) is 4.79 Å². The number of hydrogen-bond donors (Lipinski definition) is 0. The second kappa shape index (κ2) is 7.37. The van der Waals surface area contributed by atoms with Crippen LogP contribution in [0.15, 0.2) is 40.9 Å². The average molecular weight is 380 g/mol. The van der Waals surface area contributed by atoms with Crippen molar-refractivity contribution in [2.45, 2.75) is 0 Å². The number of rotatable bonds is 5. The van der Waals surface area contributed by atoms with Crippen molar-refractivity contribution >= 4 is 27.5 Å². The van der Waals surface area contributed by atoms with Crippen LogP contribution >= 0.6 is 15.9 Å². The van der Waals surface area contributed by atoms with Crippen molar-refractivity contribution in [1.82, 2.24) is 0 Å². The first-order valence-corrected chi connectivity index (χ1v) is 7.66. The van der Waals surface area contributed by atoms with Gasteiger partial charge >= 0.3 is 0 Å². The fourth-order valence-corrected chi connectivity index (χ4v) is 2.85. The Balaban J connectivity index is 2.52. The summed E-state index contributed by atoms with van der Waals surface area (Å²) in [7, 11) is 6.26. The molecule has 2 aromatic rings. The van der Waals surface area contributed by atoms with Gasteiger partial charge in [-0.15, -0.1) is 0 Å². The summed E-state index contributed by atoms with van der Waals surface area (Å²) in [6, 6.07) is 11.0. The van der Waals surface area contributed by atoms with Crippen LogP contribution in [-0.4, -0.2) is 34.3 Å². The number of amides is 1. The highest BCUT2D eigenvalue weighted by Gasteiger charge is 2.25. The minimum atomic E-state index is -0.192. The van der Waals surface area contributed by atoms with Gasteiger partial charge in [0.25, 0.3) is 5.91 Å².